The summed E-state index contributed by atoms with van der Waals surface area (Å²) in [6, 6.07) is 18.3. The molecule has 5 aromatic rings. The first kappa shape index (κ1) is 47.1. The maximum Gasteiger partial charge on any atom is 0.416 e. The number of carbonyl (C=O) groups is 4. The molecule has 2 aromatic heterocycles. The molecule has 0 saturated carbocycles. The number of ether oxygens (including phenoxy) is 2. The normalized spacial score (nSPS) is 17.5. The Morgan fingerprint density at radius 3 is 1.47 bits per heavy atom. The SMILES string of the molecule is COC(=O)N[C@H](C(=O)N1CCC[C@H]1c1ncc(-c2ccc(/C=C(/c3ccc(-c4cnc([C@@H]5CCCN5C(=O)[C@@H](NC(=O)OC)C(C)C)[nH]4)cc3)c3ccc(C(F)(F)F)cc3)cc2)[nH]1)C(C)C. The molecule has 66 heavy (non-hydrogen) atoms. The quantitative estimate of drug-likeness (QED) is 0.0847. The van der Waals surface area contributed by atoms with Crippen LogP contribution < -0.4 is 10.6 Å². The summed E-state index contributed by atoms with van der Waals surface area (Å²) < 4.78 is 50.4. The lowest BCUT2D eigenvalue weighted by Gasteiger charge is -2.30. The standard InChI is InChI=1S/C49H55F3N8O6/c1-28(2)41(57-47(63)65-5)45(61)59-23-7-9-39(59)43-53-26-37(55-43)33-13-11-30(12-14-33)25-36(32-19-21-35(22-20-32)49(50,51)52)31-15-17-34(18-16-31)38-27-54-44(56-38)40-10-8-24-60(40)46(62)42(29(3)4)58-48(64)66-6/h11-22,25-29,39-42H,7-10,23-24H2,1-6H3,(H,53,55)(H,54,56)(H,57,63)(H,58,64)/b36-25-/t39-,40-,41-,42-/m0/s1. The minimum absolute atomic E-state index is 0.161. The first-order chi connectivity index (χ1) is 31.6. The highest BCUT2D eigenvalue weighted by Gasteiger charge is 2.39. The van der Waals surface area contributed by atoms with Crippen molar-refractivity contribution in [2.45, 2.75) is 83.7 Å². The van der Waals surface area contributed by atoms with Crippen molar-refractivity contribution in [2.24, 2.45) is 11.8 Å². The average molecular weight is 909 g/mol. The zero-order chi connectivity index (χ0) is 47.3. The molecule has 0 bridgehead atoms. The number of nitrogens with zero attached hydrogens (tertiary/aromatic N) is 4. The smallest absolute Gasteiger partial charge is 0.416 e. The molecule has 3 aromatic carbocycles. The van der Waals surface area contributed by atoms with Gasteiger partial charge in [-0.05, 0) is 89.1 Å². The third-order valence-electron chi connectivity index (χ3n) is 12.2. The van der Waals surface area contributed by atoms with Gasteiger partial charge in [0.15, 0.2) is 0 Å². The number of methoxy groups -OCH3 is 2. The van der Waals surface area contributed by atoms with E-state index in [4.69, 9.17) is 9.47 Å². The monoisotopic (exact) mass is 908 g/mol. The van der Waals surface area contributed by atoms with Crippen LogP contribution in [0.5, 0.6) is 0 Å². The molecule has 2 saturated heterocycles. The summed E-state index contributed by atoms with van der Waals surface area (Å²) in [4.78, 5) is 71.0. The van der Waals surface area contributed by atoms with E-state index >= 15 is 0 Å². The highest BCUT2D eigenvalue weighted by molar-refractivity contribution is 5.92. The van der Waals surface area contributed by atoms with Gasteiger partial charge in [-0.2, -0.15) is 13.2 Å². The lowest BCUT2D eigenvalue weighted by atomic mass is 9.93. The van der Waals surface area contributed by atoms with Crippen LogP contribution >= 0.6 is 0 Å². The Bertz CT molecular complexity index is 2530. The molecule has 0 spiro atoms. The average Bonchev–Trinajstić information content (AvgIpc) is 4.16. The van der Waals surface area contributed by atoms with Crippen molar-refractivity contribution in [2.75, 3.05) is 27.3 Å². The second-order valence-corrected chi connectivity index (χ2v) is 17.3. The minimum Gasteiger partial charge on any atom is -0.453 e. The van der Waals surface area contributed by atoms with Crippen LogP contribution in [-0.4, -0.2) is 93.1 Å². The third kappa shape index (κ3) is 10.5. The molecule has 4 amide bonds. The maximum absolute atomic E-state index is 13.7. The number of alkyl halides is 3. The molecule has 0 aliphatic carbocycles. The Balaban J connectivity index is 1.11. The molecule has 4 N–H and O–H groups in total. The molecule has 4 heterocycles. The van der Waals surface area contributed by atoms with E-state index in [1.807, 2.05) is 82.3 Å². The number of halogens is 3. The Kier molecular flexibility index (Phi) is 14.3. The number of alkyl carbamates (subject to hydrolysis) is 2. The highest BCUT2D eigenvalue weighted by atomic mass is 19.4. The molecule has 2 fully saturated rings. The zero-order valence-electron chi connectivity index (χ0n) is 37.7. The molecule has 17 heteroatoms. The molecule has 14 nitrogen and oxygen atoms in total. The van der Waals surface area contributed by atoms with Gasteiger partial charge in [-0.15, -0.1) is 0 Å². The van der Waals surface area contributed by atoms with Gasteiger partial charge in [0.2, 0.25) is 11.8 Å². The summed E-state index contributed by atoms with van der Waals surface area (Å²) in [5.74, 6) is 0.530. The van der Waals surface area contributed by atoms with Crippen molar-refractivity contribution in [3.63, 3.8) is 0 Å². The first-order valence-corrected chi connectivity index (χ1v) is 22.1. The van der Waals surface area contributed by atoms with Gasteiger partial charge in [0.05, 0.1) is 55.6 Å². The Hall–Kier alpha value is -6.91. The summed E-state index contributed by atoms with van der Waals surface area (Å²) >= 11 is 0. The number of imidazole rings is 2. The molecule has 0 radical (unpaired) electrons. The van der Waals surface area contributed by atoms with Crippen LogP contribution in [0.15, 0.2) is 85.2 Å². The van der Waals surface area contributed by atoms with Gasteiger partial charge < -0.3 is 39.9 Å². The van der Waals surface area contributed by atoms with Crippen LogP contribution in [0.3, 0.4) is 0 Å². The van der Waals surface area contributed by atoms with E-state index in [-0.39, 0.29) is 35.7 Å². The molecular formula is C49H55F3N8O6. The fourth-order valence-corrected chi connectivity index (χ4v) is 8.62. The van der Waals surface area contributed by atoms with Crippen LogP contribution in [0.25, 0.3) is 34.2 Å². The predicted molar refractivity (Wildman–Crippen MR) is 242 cm³/mol. The Labute approximate surface area is 381 Å². The summed E-state index contributed by atoms with van der Waals surface area (Å²) in [6.45, 7) is 8.50. The van der Waals surface area contributed by atoms with E-state index in [0.29, 0.717) is 48.7 Å². The van der Waals surface area contributed by atoms with E-state index in [2.05, 4.69) is 30.6 Å². The minimum atomic E-state index is -4.49. The molecule has 7 rings (SSSR count). The second-order valence-electron chi connectivity index (χ2n) is 17.3. The summed E-state index contributed by atoms with van der Waals surface area (Å²) in [6.07, 6.45) is 2.50. The van der Waals surface area contributed by atoms with Gasteiger partial charge in [-0.3, -0.25) is 9.59 Å². The fourth-order valence-electron chi connectivity index (χ4n) is 8.62. The molecular weight excluding hydrogens is 854 g/mol. The van der Waals surface area contributed by atoms with E-state index in [1.54, 1.807) is 22.2 Å². The maximum atomic E-state index is 13.7. The number of carbonyl (C=O) groups excluding carboxylic acids is 4. The molecule has 348 valence electrons. The third-order valence-corrected chi connectivity index (χ3v) is 12.2. The van der Waals surface area contributed by atoms with Crippen LogP contribution in [-0.2, 0) is 25.2 Å². The summed E-state index contributed by atoms with van der Waals surface area (Å²) in [5.41, 5.74) is 5.25. The number of hydrogen-bond acceptors (Lipinski definition) is 8. The molecule has 0 unspecified atom stereocenters. The number of H-pyrrole nitrogens is 2. The molecule has 2 aliphatic rings. The van der Waals surface area contributed by atoms with E-state index in [1.165, 1.54) is 26.4 Å². The van der Waals surface area contributed by atoms with E-state index in [9.17, 15) is 32.3 Å². The fraction of sp³-hybridized carbons (Fsp3) is 0.388. The van der Waals surface area contributed by atoms with E-state index in [0.717, 1.165) is 58.6 Å². The summed E-state index contributed by atoms with van der Waals surface area (Å²) in [7, 11) is 2.52. The topological polar surface area (TPSA) is 175 Å². The predicted octanol–water partition coefficient (Wildman–Crippen LogP) is 9.16. The number of rotatable bonds is 13. The highest BCUT2D eigenvalue weighted by Crippen LogP contribution is 2.36. The van der Waals surface area contributed by atoms with Crippen LogP contribution in [0.4, 0.5) is 22.8 Å². The van der Waals surface area contributed by atoms with Crippen molar-refractivity contribution >= 4 is 35.6 Å². The van der Waals surface area contributed by atoms with Crippen LogP contribution in [0, 0.1) is 11.8 Å². The van der Waals surface area contributed by atoms with Gasteiger partial charge in [0, 0.05) is 13.1 Å². The van der Waals surface area contributed by atoms with E-state index < -0.39 is 36.0 Å². The first-order valence-electron chi connectivity index (χ1n) is 22.1. The van der Waals surface area contributed by atoms with Gasteiger partial charge >= 0.3 is 18.4 Å². The van der Waals surface area contributed by atoms with Crippen molar-refractivity contribution in [1.82, 2.24) is 40.4 Å². The number of hydrogen-bond donors (Lipinski definition) is 4. The number of aromatic amines is 2. The number of amides is 4. The second kappa shape index (κ2) is 20.1. The number of aromatic nitrogens is 4. The van der Waals surface area contributed by atoms with Crippen molar-refractivity contribution < 1.29 is 41.8 Å². The molecule has 4 atom stereocenters. The Morgan fingerprint density at radius 2 is 1.08 bits per heavy atom. The van der Waals surface area contributed by atoms with Gasteiger partial charge in [-0.25, -0.2) is 19.6 Å². The van der Waals surface area contributed by atoms with Gasteiger partial charge in [-0.1, -0.05) is 88.4 Å². The summed E-state index contributed by atoms with van der Waals surface area (Å²) in [5, 5.41) is 5.34. The lowest BCUT2D eigenvalue weighted by Crippen LogP contribution is -2.51. The molecule has 2 aliphatic heterocycles. The number of nitrogens with one attached hydrogen (secondary N) is 4. The largest absolute Gasteiger partial charge is 0.453 e. The van der Waals surface area contributed by atoms with Crippen molar-refractivity contribution in [3.8, 4) is 22.5 Å². The Morgan fingerprint density at radius 1 is 0.667 bits per heavy atom. The van der Waals surface area contributed by atoms with Crippen molar-refractivity contribution in [1.29, 1.82) is 0 Å². The lowest BCUT2D eigenvalue weighted by molar-refractivity contribution is -0.138. The zero-order valence-corrected chi connectivity index (χ0v) is 37.7. The van der Waals surface area contributed by atoms with Gasteiger partial charge in [0.25, 0.3) is 0 Å². The van der Waals surface area contributed by atoms with Crippen molar-refractivity contribution in [3.05, 3.63) is 119 Å². The number of likely N-dealkylation sites (tertiary alicyclic amines) is 2. The van der Waals surface area contributed by atoms with Crippen LogP contribution in [0.2, 0.25) is 0 Å². The van der Waals surface area contributed by atoms with Gasteiger partial charge in [0.1, 0.15) is 23.7 Å². The number of benzene rings is 3. The van der Waals surface area contributed by atoms with Crippen LogP contribution in [0.1, 0.15) is 99.4 Å².